The molecular formula is C21H26N4O3. The number of nitrogens with zero attached hydrogens (tertiary/aromatic N) is 3. The third-order valence-electron chi connectivity index (χ3n) is 4.55. The molecule has 1 amide bonds. The molecule has 0 aliphatic heterocycles. The number of rotatable bonds is 5. The van der Waals surface area contributed by atoms with Crippen LogP contribution in [0.25, 0.3) is 16.7 Å². The number of carbonyl (C=O) groups excluding carboxylic acids is 1. The van der Waals surface area contributed by atoms with Crippen molar-refractivity contribution in [3.05, 3.63) is 47.0 Å². The van der Waals surface area contributed by atoms with Crippen molar-refractivity contribution in [2.45, 2.75) is 39.5 Å². The van der Waals surface area contributed by atoms with E-state index >= 15 is 0 Å². The lowest BCUT2D eigenvalue weighted by Crippen LogP contribution is -2.22. The highest BCUT2D eigenvalue weighted by atomic mass is 16.3. The third kappa shape index (κ3) is 3.84. The van der Waals surface area contributed by atoms with Gasteiger partial charge in [0.1, 0.15) is 22.5 Å². The summed E-state index contributed by atoms with van der Waals surface area (Å²) in [5.41, 5.74) is 3.51. The van der Waals surface area contributed by atoms with Crippen molar-refractivity contribution in [1.82, 2.24) is 20.3 Å². The van der Waals surface area contributed by atoms with Gasteiger partial charge in [0.25, 0.3) is 5.91 Å². The Morgan fingerprint density at radius 1 is 1.14 bits per heavy atom. The van der Waals surface area contributed by atoms with Gasteiger partial charge in [0.05, 0.1) is 0 Å². The Labute approximate surface area is 164 Å². The Balaban J connectivity index is 2.13. The van der Waals surface area contributed by atoms with Crippen LogP contribution in [-0.2, 0) is 11.8 Å². The van der Waals surface area contributed by atoms with E-state index in [-0.39, 0.29) is 23.7 Å². The number of phenols is 1. The second-order valence-corrected chi connectivity index (χ2v) is 7.79. The topological polar surface area (TPSA) is 100 Å². The van der Waals surface area contributed by atoms with Crippen LogP contribution in [0.15, 0.2) is 30.3 Å². The van der Waals surface area contributed by atoms with Gasteiger partial charge in [-0.25, -0.2) is 0 Å². The summed E-state index contributed by atoms with van der Waals surface area (Å²) in [7, 11) is 0. The van der Waals surface area contributed by atoms with E-state index in [0.29, 0.717) is 35.2 Å². The number of aromatic nitrogens is 3. The fourth-order valence-electron chi connectivity index (χ4n) is 3.10. The van der Waals surface area contributed by atoms with Crippen LogP contribution in [0.5, 0.6) is 5.75 Å². The maximum Gasteiger partial charge on any atom is 0.251 e. The summed E-state index contributed by atoms with van der Waals surface area (Å²) in [6, 6.07) is 8.82. The summed E-state index contributed by atoms with van der Waals surface area (Å²) in [5, 5.41) is 31.9. The molecule has 0 fully saturated rings. The maximum absolute atomic E-state index is 12.1. The van der Waals surface area contributed by atoms with E-state index in [1.54, 1.807) is 24.3 Å². The van der Waals surface area contributed by atoms with Crippen molar-refractivity contribution in [2.24, 2.45) is 0 Å². The van der Waals surface area contributed by atoms with E-state index in [1.807, 2.05) is 33.8 Å². The van der Waals surface area contributed by atoms with Crippen LogP contribution in [-0.4, -0.2) is 44.3 Å². The molecule has 0 saturated heterocycles. The first-order chi connectivity index (χ1) is 13.2. The Morgan fingerprint density at radius 2 is 1.86 bits per heavy atom. The number of fused-ring (bicyclic) bond motifs is 1. The molecule has 1 heterocycles. The molecule has 0 spiro atoms. The number of amides is 1. The predicted molar refractivity (Wildman–Crippen MR) is 108 cm³/mol. The van der Waals surface area contributed by atoms with Gasteiger partial charge in [-0.05, 0) is 48.6 Å². The summed E-state index contributed by atoms with van der Waals surface area (Å²) >= 11 is 0. The number of aliphatic hydroxyl groups is 1. The number of phenolic OH excluding ortho intramolecular Hbond substituents is 1. The summed E-state index contributed by atoms with van der Waals surface area (Å²) < 4.78 is 0. The molecule has 148 valence electrons. The average molecular weight is 382 g/mol. The summed E-state index contributed by atoms with van der Waals surface area (Å²) in [4.78, 5) is 13.4. The van der Waals surface area contributed by atoms with Crippen LogP contribution in [0, 0.1) is 0 Å². The number of benzene rings is 2. The predicted octanol–water partition coefficient (Wildman–Crippen LogP) is 2.71. The zero-order valence-corrected chi connectivity index (χ0v) is 16.7. The number of aliphatic hydroxyl groups excluding tert-OH is 1. The molecule has 7 nitrogen and oxygen atoms in total. The minimum absolute atomic E-state index is 0.0121. The molecule has 0 saturated carbocycles. The molecule has 28 heavy (non-hydrogen) atoms. The maximum atomic E-state index is 12.1. The number of nitrogens with one attached hydrogen (secondary N) is 1. The Hall–Kier alpha value is -2.93. The zero-order chi connectivity index (χ0) is 20.5. The van der Waals surface area contributed by atoms with E-state index in [4.69, 9.17) is 0 Å². The van der Waals surface area contributed by atoms with E-state index < -0.39 is 0 Å². The molecule has 0 bridgehead atoms. The van der Waals surface area contributed by atoms with Gasteiger partial charge in [-0.15, -0.1) is 15.0 Å². The van der Waals surface area contributed by atoms with Crippen molar-refractivity contribution in [2.75, 3.05) is 13.2 Å². The molecule has 0 unspecified atom stereocenters. The monoisotopic (exact) mass is 382 g/mol. The van der Waals surface area contributed by atoms with Crippen LogP contribution in [0.1, 0.15) is 49.2 Å². The molecule has 3 aromatic rings. The van der Waals surface area contributed by atoms with E-state index in [0.717, 1.165) is 11.1 Å². The first-order valence-corrected chi connectivity index (χ1v) is 9.37. The normalized spacial score (nSPS) is 11.8. The van der Waals surface area contributed by atoms with Gasteiger partial charge in [0.2, 0.25) is 0 Å². The van der Waals surface area contributed by atoms with E-state index in [2.05, 4.69) is 15.5 Å². The number of aromatic hydroxyl groups is 1. The highest BCUT2D eigenvalue weighted by Crippen LogP contribution is 2.36. The molecule has 0 aliphatic carbocycles. The fraction of sp³-hybridized carbons (Fsp3) is 0.381. The number of hydrogen-bond acceptors (Lipinski definition) is 5. The van der Waals surface area contributed by atoms with Gasteiger partial charge in [-0.2, -0.15) is 0 Å². The lowest BCUT2D eigenvalue weighted by molar-refractivity contribution is 0.0956. The van der Waals surface area contributed by atoms with Crippen LogP contribution in [0.3, 0.4) is 0 Å². The molecular weight excluding hydrogens is 356 g/mol. The van der Waals surface area contributed by atoms with E-state index in [9.17, 15) is 15.0 Å². The van der Waals surface area contributed by atoms with Crippen LogP contribution in [0.2, 0.25) is 0 Å². The van der Waals surface area contributed by atoms with Gasteiger partial charge in [-0.1, -0.05) is 26.8 Å². The molecule has 0 radical (unpaired) electrons. The van der Waals surface area contributed by atoms with Crippen molar-refractivity contribution >= 4 is 16.9 Å². The minimum atomic E-state index is -0.289. The smallest absolute Gasteiger partial charge is 0.251 e. The van der Waals surface area contributed by atoms with Crippen LogP contribution >= 0.6 is 0 Å². The molecule has 2 aromatic carbocycles. The van der Waals surface area contributed by atoms with Gasteiger partial charge in [0.15, 0.2) is 0 Å². The second kappa shape index (κ2) is 7.59. The highest BCUT2D eigenvalue weighted by Gasteiger charge is 2.23. The summed E-state index contributed by atoms with van der Waals surface area (Å²) in [5.74, 6) is -0.0554. The van der Waals surface area contributed by atoms with Crippen LogP contribution < -0.4 is 5.32 Å². The summed E-state index contributed by atoms with van der Waals surface area (Å²) in [6.07, 6.45) is 0.471. The van der Waals surface area contributed by atoms with Gasteiger partial charge in [0, 0.05) is 24.3 Å². The number of hydrogen-bond donors (Lipinski definition) is 3. The van der Waals surface area contributed by atoms with Crippen molar-refractivity contribution in [3.8, 4) is 11.4 Å². The molecule has 0 atom stereocenters. The van der Waals surface area contributed by atoms with Gasteiger partial charge >= 0.3 is 0 Å². The lowest BCUT2D eigenvalue weighted by Gasteiger charge is -2.23. The molecule has 3 N–H and O–H groups in total. The van der Waals surface area contributed by atoms with Gasteiger partial charge < -0.3 is 15.5 Å². The minimum Gasteiger partial charge on any atom is -0.505 e. The average Bonchev–Trinajstić information content (AvgIpc) is 3.05. The van der Waals surface area contributed by atoms with Crippen molar-refractivity contribution in [1.29, 1.82) is 0 Å². The van der Waals surface area contributed by atoms with Crippen LogP contribution in [0.4, 0.5) is 0 Å². The largest absolute Gasteiger partial charge is 0.505 e. The Morgan fingerprint density at radius 3 is 2.50 bits per heavy atom. The Kier molecular flexibility index (Phi) is 5.38. The molecule has 3 rings (SSSR count). The molecule has 0 aliphatic rings. The first kappa shape index (κ1) is 19.8. The third-order valence-corrected chi connectivity index (χ3v) is 4.55. The Bertz CT molecular complexity index is 1020. The zero-order valence-electron chi connectivity index (χ0n) is 16.7. The highest BCUT2D eigenvalue weighted by molar-refractivity contribution is 5.97. The van der Waals surface area contributed by atoms with Crippen molar-refractivity contribution < 1.29 is 15.0 Å². The van der Waals surface area contributed by atoms with Crippen molar-refractivity contribution in [3.63, 3.8) is 0 Å². The molecule has 1 aromatic heterocycles. The molecule has 7 heteroatoms. The van der Waals surface area contributed by atoms with Gasteiger partial charge in [-0.3, -0.25) is 4.79 Å². The first-order valence-electron chi connectivity index (χ1n) is 9.37. The standard InChI is InChI=1S/C21H26N4O3/c1-5-22-20(28)14-6-7-16-17(12-14)24-25(23-16)18-11-13(8-9-26)10-15(19(18)27)21(2,3)4/h6-7,10-12,26-27H,5,8-9H2,1-4H3,(H,22,28). The SMILES string of the molecule is CCNC(=O)c1ccc2nn(-c3cc(CCO)cc(C(C)(C)C)c3O)nc2c1. The number of carbonyl (C=O) groups is 1. The van der Waals surface area contributed by atoms with E-state index in [1.165, 1.54) is 4.80 Å². The fourth-order valence-corrected chi connectivity index (χ4v) is 3.10. The lowest BCUT2D eigenvalue weighted by atomic mass is 9.84. The second-order valence-electron chi connectivity index (χ2n) is 7.79. The quantitative estimate of drug-likeness (QED) is 0.630. The summed E-state index contributed by atoms with van der Waals surface area (Å²) in [6.45, 7) is 8.46.